The summed E-state index contributed by atoms with van der Waals surface area (Å²) in [4.78, 5) is 35.4. The van der Waals surface area contributed by atoms with E-state index in [-0.39, 0.29) is 16.7 Å². The number of hydrogen-bond acceptors (Lipinski definition) is 6. The number of aldehydes is 1. The second-order valence-electron chi connectivity index (χ2n) is 6.39. The standard InChI is InChI=1S/C19H22O6/c1-10(2)18(22)25-17-13(9-20)7-5-6-11(3)8-14-15(16(17)21)12(4)19(23)24-14/h7-9,14-17,21H,1,4-6H2,2-3H3/b11-8+,13-7-/t14-,15+,16+,17+/m1/s1. The van der Waals surface area contributed by atoms with Crippen molar-refractivity contribution in [3.8, 4) is 0 Å². The Bertz CT molecular complexity index is 684. The minimum absolute atomic E-state index is 0.0868. The maximum Gasteiger partial charge on any atom is 0.334 e. The molecule has 0 bridgehead atoms. The van der Waals surface area contributed by atoms with Gasteiger partial charge in [0.25, 0.3) is 0 Å². The number of esters is 2. The van der Waals surface area contributed by atoms with Crippen LogP contribution < -0.4 is 0 Å². The van der Waals surface area contributed by atoms with Gasteiger partial charge in [-0.3, -0.25) is 4.79 Å². The van der Waals surface area contributed by atoms with Crippen molar-refractivity contribution in [1.29, 1.82) is 0 Å². The Hall–Kier alpha value is -2.47. The molecule has 4 atom stereocenters. The predicted octanol–water partition coefficient (Wildman–Crippen LogP) is 1.80. The number of carbonyl (C=O) groups is 3. The molecule has 0 aromatic carbocycles. The summed E-state index contributed by atoms with van der Waals surface area (Å²) in [6.45, 7) is 10.5. The summed E-state index contributed by atoms with van der Waals surface area (Å²) in [6, 6.07) is 0. The first-order chi connectivity index (χ1) is 11.8. The van der Waals surface area contributed by atoms with E-state index in [1.807, 2.05) is 6.92 Å². The van der Waals surface area contributed by atoms with Crippen molar-refractivity contribution in [2.45, 2.75) is 45.0 Å². The van der Waals surface area contributed by atoms with Crippen LogP contribution >= 0.6 is 0 Å². The Morgan fingerprint density at radius 1 is 1.48 bits per heavy atom. The molecule has 1 saturated heterocycles. The van der Waals surface area contributed by atoms with E-state index < -0.39 is 36.2 Å². The zero-order valence-electron chi connectivity index (χ0n) is 14.4. The van der Waals surface area contributed by atoms with Crippen molar-refractivity contribution in [2.75, 3.05) is 0 Å². The number of aliphatic hydroxyl groups excluding tert-OH is 1. The highest BCUT2D eigenvalue weighted by Crippen LogP contribution is 2.35. The first kappa shape index (κ1) is 18.9. The summed E-state index contributed by atoms with van der Waals surface area (Å²) in [5.41, 5.74) is 1.33. The van der Waals surface area contributed by atoms with Gasteiger partial charge in [-0.15, -0.1) is 0 Å². The number of hydrogen-bond donors (Lipinski definition) is 1. The van der Waals surface area contributed by atoms with E-state index in [2.05, 4.69) is 13.2 Å². The molecule has 2 rings (SSSR count). The third-order valence-corrected chi connectivity index (χ3v) is 4.35. The van der Waals surface area contributed by atoms with Crippen LogP contribution in [0.3, 0.4) is 0 Å². The highest BCUT2D eigenvalue weighted by Gasteiger charge is 2.46. The Morgan fingerprint density at radius 2 is 2.16 bits per heavy atom. The summed E-state index contributed by atoms with van der Waals surface area (Å²) in [7, 11) is 0. The maximum absolute atomic E-state index is 12.0. The molecule has 134 valence electrons. The van der Waals surface area contributed by atoms with Crippen LogP contribution in [0.4, 0.5) is 0 Å². The number of carbonyl (C=O) groups excluding carboxylic acids is 3. The molecule has 6 heteroatoms. The molecule has 0 unspecified atom stereocenters. The first-order valence-electron chi connectivity index (χ1n) is 8.03. The molecule has 6 nitrogen and oxygen atoms in total. The van der Waals surface area contributed by atoms with E-state index in [1.54, 1.807) is 12.2 Å². The van der Waals surface area contributed by atoms with Crippen molar-refractivity contribution < 1.29 is 29.0 Å². The number of allylic oxidation sites excluding steroid dienone is 2. The molecule has 2 aliphatic rings. The Balaban J connectivity index is 2.47. The Labute approximate surface area is 146 Å². The number of fused-ring (bicyclic) bond motifs is 1. The highest BCUT2D eigenvalue weighted by molar-refractivity contribution is 5.91. The molecule has 0 saturated carbocycles. The third kappa shape index (κ3) is 3.96. The van der Waals surface area contributed by atoms with Crippen molar-refractivity contribution in [1.82, 2.24) is 0 Å². The molecule has 1 aliphatic carbocycles. The smallest absolute Gasteiger partial charge is 0.334 e. The molecule has 1 aliphatic heterocycles. The fourth-order valence-corrected chi connectivity index (χ4v) is 2.95. The SMILES string of the molecule is C=C(C)C(=O)O[C@H]1/C(C=O)=C\CC/C(C)=C/[C@H]2OC(=O)C(=C)[C@@H]2[C@@H]1O. The van der Waals surface area contributed by atoms with Crippen molar-refractivity contribution in [2.24, 2.45) is 5.92 Å². The van der Waals surface area contributed by atoms with Crippen molar-refractivity contribution >= 4 is 18.2 Å². The largest absolute Gasteiger partial charge is 0.454 e. The highest BCUT2D eigenvalue weighted by atomic mass is 16.6. The normalized spacial score (nSPS) is 33.9. The zero-order chi connectivity index (χ0) is 18.7. The third-order valence-electron chi connectivity index (χ3n) is 4.35. The number of rotatable bonds is 3. The lowest BCUT2D eigenvalue weighted by Crippen LogP contribution is -2.42. The van der Waals surface area contributed by atoms with Gasteiger partial charge in [-0.2, -0.15) is 0 Å². The quantitative estimate of drug-likeness (QED) is 0.363. The van der Waals surface area contributed by atoms with Gasteiger partial charge in [-0.05, 0) is 32.8 Å². The van der Waals surface area contributed by atoms with Crippen LogP contribution in [0, 0.1) is 5.92 Å². The van der Waals surface area contributed by atoms with Gasteiger partial charge >= 0.3 is 11.9 Å². The first-order valence-corrected chi connectivity index (χ1v) is 8.03. The second-order valence-corrected chi connectivity index (χ2v) is 6.39. The lowest BCUT2D eigenvalue weighted by molar-refractivity contribution is -0.150. The van der Waals surface area contributed by atoms with Gasteiger partial charge < -0.3 is 14.6 Å². The van der Waals surface area contributed by atoms with E-state index in [4.69, 9.17) is 9.47 Å². The van der Waals surface area contributed by atoms with E-state index in [0.717, 1.165) is 5.57 Å². The average molecular weight is 346 g/mol. The van der Waals surface area contributed by atoms with Crippen LogP contribution in [0.2, 0.25) is 0 Å². The molecule has 0 spiro atoms. The molecular weight excluding hydrogens is 324 g/mol. The Kier molecular flexibility index (Phi) is 5.74. The van der Waals surface area contributed by atoms with E-state index in [9.17, 15) is 19.5 Å². The van der Waals surface area contributed by atoms with Gasteiger partial charge in [0.15, 0.2) is 6.10 Å². The fourth-order valence-electron chi connectivity index (χ4n) is 2.95. The summed E-state index contributed by atoms with van der Waals surface area (Å²) < 4.78 is 10.6. The molecular formula is C19H22O6. The lowest BCUT2D eigenvalue weighted by Gasteiger charge is -2.29. The molecule has 1 fully saturated rings. The predicted molar refractivity (Wildman–Crippen MR) is 90.3 cm³/mol. The number of aliphatic hydroxyl groups is 1. The second kappa shape index (κ2) is 7.61. The zero-order valence-corrected chi connectivity index (χ0v) is 14.4. The topological polar surface area (TPSA) is 89.9 Å². The van der Waals surface area contributed by atoms with Gasteiger partial charge in [0, 0.05) is 16.7 Å². The van der Waals surface area contributed by atoms with E-state index in [1.165, 1.54) is 6.92 Å². The summed E-state index contributed by atoms with van der Waals surface area (Å²) in [5, 5.41) is 10.8. The van der Waals surface area contributed by atoms with Crippen molar-refractivity contribution in [3.05, 3.63) is 47.6 Å². The molecule has 0 radical (unpaired) electrons. The fraction of sp³-hybridized carbons (Fsp3) is 0.421. The average Bonchev–Trinajstić information content (AvgIpc) is 2.82. The minimum atomic E-state index is -1.36. The van der Waals surface area contributed by atoms with Gasteiger partial charge in [0.2, 0.25) is 0 Å². The number of ether oxygens (including phenoxy) is 2. The molecule has 0 aromatic rings. The van der Waals surface area contributed by atoms with Crippen LogP contribution in [0.1, 0.15) is 26.7 Å². The lowest BCUT2D eigenvalue weighted by atomic mass is 9.84. The van der Waals surface area contributed by atoms with Gasteiger partial charge in [0.1, 0.15) is 18.5 Å². The molecule has 0 amide bonds. The van der Waals surface area contributed by atoms with Crippen LogP contribution in [-0.2, 0) is 23.9 Å². The monoisotopic (exact) mass is 346 g/mol. The van der Waals surface area contributed by atoms with Crippen molar-refractivity contribution in [3.63, 3.8) is 0 Å². The molecule has 1 heterocycles. The van der Waals surface area contributed by atoms with Crippen LogP contribution in [-0.4, -0.2) is 41.6 Å². The van der Waals surface area contributed by atoms with Crippen LogP contribution in [0.15, 0.2) is 47.6 Å². The van der Waals surface area contributed by atoms with Gasteiger partial charge in [0.05, 0.1) is 5.92 Å². The molecule has 1 N–H and O–H groups in total. The Morgan fingerprint density at radius 3 is 2.76 bits per heavy atom. The minimum Gasteiger partial charge on any atom is -0.454 e. The van der Waals surface area contributed by atoms with Crippen LogP contribution in [0.5, 0.6) is 0 Å². The molecule has 25 heavy (non-hydrogen) atoms. The van der Waals surface area contributed by atoms with Crippen LogP contribution in [0.25, 0.3) is 0 Å². The van der Waals surface area contributed by atoms with E-state index >= 15 is 0 Å². The summed E-state index contributed by atoms with van der Waals surface area (Å²) in [5.74, 6) is -2.15. The van der Waals surface area contributed by atoms with Gasteiger partial charge in [-0.1, -0.05) is 24.8 Å². The maximum atomic E-state index is 12.0. The van der Waals surface area contributed by atoms with Gasteiger partial charge in [-0.25, -0.2) is 9.59 Å². The summed E-state index contributed by atoms with van der Waals surface area (Å²) >= 11 is 0. The van der Waals surface area contributed by atoms with E-state index in [0.29, 0.717) is 19.1 Å². The summed E-state index contributed by atoms with van der Waals surface area (Å²) in [6.07, 6.45) is 1.81. The molecule has 0 aromatic heterocycles.